The molecule has 1 aromatic heterocycles. The molecule has 2 heterocycles. The van der Waals surface area contributed by atoms with Crippen molar-refractivity contribution in [2.45, 2.75) is 79.1 Å². The van der Waals surface area contributed by atoms with Crippen LogP contribution in [0.4, 0.5) is 34.1 Å². The minimum Gasteiger partial charge on any atom is -0.454 e. The van der Waals surface area contributed by atoms with Crippen LogP contribution in [0.3, 0.4) is 0 Å². The smallest absolute Gasteiger partial charge is 0.196 e. The van der Waals surface area contributed by atoms with Gasteiger partial charge in [-0.15, -0.1) is 6.07 Å². The largest absolute Gasteiger partial charge is 0.454 e. The van der Waals surface area contributed by atoms with Crippen molar-refractivity contribution in [3.05, 3.63) is 210 Å². The number of para-hydroxylation sites is 3. The second-order valence-corrected chi connectivity index (χ2v) is 18.3. The van der Waals surface area contributed by atoms with Crippen LogP contribution < -0.4 is 26.2 Å². The normalized spacial score (nSPS) is 12.1. The fourth-order valence-corrected chi connectivity index (χ4v) is 9.02. The summed E-state index contributed by atoms with van der Waals surface area (Å²) in [7, 11) is 0. The van der Waals surface area contributed by atoms with Crippen LogP contribution in [0.2, 0.25) is 0 Å². The van der Waals surface area contributed by atoms with Gasteiger partial charge in [-0.25, -0.2) is 0 Å². The van der Waals surface area contributed by atoms with Crippen LogP contribution in [-0.2, 0) is 21.1 Å². The van der Waals surface area contributed by atoms with E-state index >= 15 is 0 Å². The predicted molar refractivity (Wildman–Crippen MR) is 273 cm³/mol. The molecular formula is C60H56BN2OW-3. The monoisotopic (exact) mass is 1020 g/mol. The maximum Gasteiger partial charge on any atom is 0.196 e. The van der Waals surface area contributed by atoms with Crippen molar-refractivity contribution < 1.29 is 25.5 Å². The summed E-state index contributed by atoms with van der Waals surface area (Å²) in [6.45, 7) is 17.9. The van der Waals surface area contributed by atoms with E-state index in [0.29, 0.717) is 23.7 Å². The number of furan rings is 1. The van der Waals surface area contributed by atoms with Crippen molar-refractivity contribution in [3.63, 3.8) is 0 Å². The Labute approximate surface area is 401 Å². The van der Waals surface area contributed by atoms with Crippen LogP contribution >= 0.6 is 0 Å². The van der Waals surface area contributed by atoms with Gasteiger partial charge in [0, 0.05) is 48.9 Å². The number of benzene rings is 8. The van der Waals surface area contributed by atoms with Crippen LogP contribution in [0.5, 0.6) is 0 Å². The minimum absolute atomic E-state index is 0. The summed E-state index contributed by atoms with van der Waals surface area (Å²) in [5, 5.41) is 2.21. The van der Waals surface area contributed by atoms with Crippen molar-refractivity contribution in [1.29, 1.82) is 0 Å². The van der Waals surface area contributed by atoms with E-state index in [2.05, 4.69) is 235 Å². The Morgan fingerprint density at radius 3 is 1.83 bits per heavy atom. The summed E-state index contributed by atoms with van der Waals surface area (Å²) in [5.74, 6) is 1.88. The third kappa shape index (κ3) is 9.12. The Bertz CT molecular complexity index is 3030. The molecule has 1 aliphatic rings. The molecule has 0 unspecified atom stereocenters. The zero-order valence-corrected chi connectivity index (χ0v) is 41.7. The molecule has 5 heteroatoms. The molecule has 1 aliphatic heterocycles. The molecule has 3 nitrogen and oxygen atoms in total. The summed E-state index contributed by atoms with van der Waals surface area (Å²) >= 11 is 0. The zero-order valence-electron chi connectivity index (χ0n) is 38.8. The Kier molecular flexibility index (Phi) is 13.7. The van der Waals surface area contributed by atoms with E-state index < -0.39 is 0 Å². The molecule has 0 N–H and O–H groups in total. The molecule has 0 spiro atoms. The number of hydrogen-bond donors (Lipinski definition) is 0. The van der Waals surface area contributed by atoms with Crippen molar-refractivity contribution in [3.8, 4) is 0 Å². The van der Waals surface area contributed by atoms with Gasteiger partial charge >= 0.3 is 0 Å². The van der Waals surface area contributed by atoms with E-state index in [0.717, 1.165) is 55.8 Å². The number of nitrogens with zero attached hydrogens (tertiary/aromatic N) is 2. The number of anilines is 6. The van der Waals surface area contributed by atoms with E-state index in [4.69, 9.17) is 4.42 Å². The maximum atomic E-state index is 6.66. The molecule has 8 aromatic carbocycles. The molecule has 0 aliphatic carbocycles. The van der Waals surface area contributed by atoms with Crippen molar-refractivity contribution in [2.24, 2.45) is 0 Å². The topological polar surface area (TPSA) is 19.6 Å². The van der Waals surface area contributed by atoms with Gasteiger partial charge in [-0.3, -0.25) is 0 Å². The molecule has 9 aromatic rings. The third-order valence-corrected chi connectivity index (χ3v) is 12.7. The van der Waals surface area contributed by atoms with Gasteiger partial charge in [0.15, 0.2) is 12.3 Å². The molecule has 0 atom stereocenters. The van der Waals surface area contributed by atoms with Crippen LogP contribution in [0, 0.1) is 18.2 Å². The van der Waals surface area contributed by atoms with Gasteiger partial charge in [0.1, 0.15) is 5.58 Å². The molecule has 0 bridgehead atoms. The first kappa shape index (κ1) is 45.5. The number of rotatable bonds is 9. The zero-order chi connectivity index (χ0) is 44.5. The van der Waals surface area contributed by atoms with Gasteiger partial charge in [0.05, 0.1) is 5.69 Å². The molecule has 0 radical (unpaired) electrons. The maximum absolute atomic E-state index is 6.66. The molecule has 0 saturated heterocycles. The van der Waals surface area contributed by atoms with E-state index in [-0.39, 0.29) is 27.8 Å². The minimum atomic E-state index is -0.0494. The standard InChI is InChI=1S/C51H45BN2O.C9H11.W/c1-33(2)36-22-25-41(26-23-36)54-47-29-24-38(35(5)6)31-46(47)52(39-15-12-14-37(30-39)34(3)4)45-28-27-42(32-49(45)54)53(40-16-8-7-9-17-40)48-20-13-19-44-43-18-10-11-21-50(43)55-51(44)48;1-8(2)9-6-4-3-5-7-9;/h7-14,16-27,29-35H,1-6H3;4-8H,1-2H3;/q-2;-1;. The molecular weight excluding hydrogens is 959 g/mol. The third-order valence-electron chi connectivity index (χ3n) is 12.7. The molecule has 324 valence electrons. The average Bonchev–Trinajstić information content (AvgIpc) is 3.71. The van der Waals surface area contributed by atoms with Crippen molar-refractivity contribution in [2.75, 3.05) is 9.80 Å². The fraction of sp³-hybridized carbons (Fsp3) is 0.200. The van der Waals surface area contributed by atoms with E-state index in [9.17, 15) is 0 Å². The van der Waals surface area contributed by atoms with Crippen LogP contribution in [0.15, 0.2) is 174 Å². The Hall–Kier alpha value is -6.09. The molecule has 10 rings (SSSR count). The quantitative estimate of drug-likeness (QED) is 0.106. The second kappa shape index (κ2) is 19.6. The number of hydrogen-bond acceptors (Lipinski definition) is 3. The predicted octanol–water partition coefficient (Wildman–Crippen LogP) is 14.9. The first-order valence-corrected chi connectivity index (χ1v) is 22.9. The van der Waals surface area contributed by atoms with Gasteiger partial charge in [0.25, 0.3) is 0 Å². The molecule has 0 saturated carbocycles. The van der Waals surface area contributed by atoms with E-state index in [1.54, 1.807) is 0 Å². The Balaban J connectivity index is 0.000000517. The van der Waals surface area contributed by atoms with Gasteiger partial charge in [-0.05, 0) is 77.3 Å². The van der Waals surface area contributed by atoms with Gasteiger partial charge in [0.2, 0.25) is 0 Å². The van der Waals surface area contributed by atoms with Crippen molar-refractivity contribution >= 4 is 79.2 Å². The Morgan fingerprint density at radius 1 is 0.523 bits per heavy atom. The molecule has 0 fully saturated rings. The van der Waals surface area contributed by atoms with E-state index in [1.807, 2.05) is 18.2 Å². The summed E-state index contributed by atoms with van der Waals surface area (Å²) < 4.78 is 6.66. The van der Waals surface area contributed by atoms with Gasteiger partial charge < -0.3 is 14.2 Å². The summed E-state index contributed by atoms with van der Waals surface area (Å²) in [5.41, 5.74) is 17.1. The SMILES string of the molecule is CC(C)c1cc[c-]cc1.CC(C)c1ccc(N2c3cc(N(c4ccccc4)c4cccc5c4oc4ccccc45)c[c-]c3B(c3[c-]ccc(C(C)C)c3)c3cc(C(C)C)ccc32)cc1.[W]. The molecule has 0 amide bonds. The fourth-order valence-electron chi connectivity index (χ4n) is 9.02. The van der Waals surface area contributed by atoms with Crippen molar-refractivity contribution in [1.82, 2.24) is 0 Å². The first-order chi connectivity index (χ1) is 31.1. The van der Waals surface area contributed by atoms with Crippen LogP contribution in [-0.4, -0.2) is 6.71 Å². The van der Waals surface area contributed by atoms with E-state index in [1.165, 1.54) is 38.9 Å². The summed E-state index contributed by atoms with van der Waals surface area (Å²) in [6, 6.07) is 71.5. The average molecular weight is 1020 g/mol. The second-order valence-electron chi connectivity index (χ2n) is 18.3. The first-order valence-electron chi connectivity index (χ1n) is 22.9. The number of fused-ring (bicyclic) bond motifs is 5. The van der Waals surface area contributed by atoms with Gasteiger partial charge in [-0.1, -0.05) is 145 Å². The van der Waals surface area contributed by atoms with Gasteiger partial charge in [-0.2, -0.15) is 88.8 Å². The van der Waals surface area contributed by atoms with Crippen LogP contribution in [0.25, 0.3) is 21.9 Å². The summed E-state index contributed by atoms with van der Waals surface area (Å²) in [6.07, 6.45) is 0. The summed E-state index contributed by atoms with van der Waals surface area (Å²) in [4.78, 5) is 4.77. The molecule has 65 heavy (non-hydrogen) atoms. The van der Waals surface area contributed by atoms with Crippen LogP contribution in [0.1, 0.15) is 101 Å². The Morgan fingerprint density at radius 2 is 1.14 bits per heavy atom.